The SMILES string of the molecule is C[n+]1ccc(OCc2ccccc2)cc1-c1cccs1. The van der Waals surface area contributed by atoms with Gasteiger partial charge in [0.1, 0.15) is 19.4 Å². The third-order valence-corrected chi connectivity index (χ3v) is 4.04. The van der Waals surface area contributed by atoms with Gasteiger partial charge in [0.25, 0.3) is 0 Å². The van der Waals surface area contributed by atoms with Crippen molar-refractivity contribution in [3.05, 3.63) is 71.7 Å². The molecular weight excluding hydrogens is 266 g/mol. The predicted molar refractivity (Wildman–Crippen MR) is 81.7 cm³/mol. The molecule has 0 atom stereocenters. The van der Waals surface area contributed by atoms with Crippen LogP contribution in [-0.4, -0.2) is 0 Å². The number of nitrogens with zero attached hydrogens (tertiary/aromatic N) is 1. The average molecular weight is 282 g/mol. The maximum absolute atomic E-state index is 5.88. The number of hydrogen-bond acceptors (Lipinski definition) is 2. The molecule has 0 aliphatic carbocycles. The van der Waals surface area contributed by atoms with Crippen LogP contribution >= 0.6 is 11.3 Å². The smallest absolute Gasteiger partial charge is 0.226 e. The van der Waals surface area contributed by atoms with Crippen LogP contribution in [0.15, 0.2) is 66.2 Å². The van der Waals surface area contributed by atoms with Crippen LogP contribution in [-0.2, 0) is 13.7 Å². The van der Waals surface area contributed by atoms with Gasteiger partial charge in [-0.15, -0.1) is 11.3 Å². The number of benzene rings is 1. The van der Waals surface area contributed by atoms with Crippen LogP contribution in [0.2, 0.25) is 0 Å². The van der Waals surface area contributed by atoms with Gasteiger partial charge in [0.2, 0.25) is 5.69 Å². The van der Waals surface area contributed by atoms with Crippen molar-refractivity contribution in [2.45, 2.75) is 6.61 Å². The molecule has 0 bridgehead atoms. The van der Waals surface area contributed by atoms with E-state index in [9.17, 15) is 0 Å². The summed E-state index contributed by atoms with van der Waals surface area (Å²) < 4.78 is 7.99. The molecule has 0 fully saturated rings. The van der Waals surface area contributed by atoms with E-state index in [1.165, 1.54) is 16.1 Å². The molecule has 2 aromatic heterocycles. The molecule has 20 heavy (non-hydrogen) atoms. The molecule has 0 aliphatic rings. The van der Waals surface area contributed by atoms with Gasteiger partial charge in [-0.05, 0) is 17.0 Å². The molecule has 0 aliphatic heterocycles. The van der Waals surface area contributed by atoms with Crippen molar-refractivity contribution >= 4 is 11.3 Å². The Morgan fingerprint density at radius 1 is 1.05 bits per heavy atom. The Bertz CT molecular complexity index is 677. The molecule has 3 rings (SSSR count). The van der Waals surface area contributed by atoms with E-state index in [2.05, 4.69) is 47.3 Å². The van der Waals surface area contributed by atoms with Crippen molar-refractivity contribution in [3.8, 4) is 16.3 Å². The average Bonchev–Trinajstić information content (AvgIpc) is 3.01. The Hall–Kier alpha value is -2.13. The van der Waals surface area contributed by atoms with Gasteiger partial charge < -0.3 is 4.74 Å². The molecule has 0 unspecified atom stereocenters. The number of pyridine rings is 1. The highest BCUT2D eigenvalue weighted by molar-refractivity contribution is 7.13. The lowest BCUT2D eigenvalue weighted by Crippen LogP contribution is -2.29. The summed E-state index contributed by atoms with van der Waals surface area (Å²) in [5.41, 5.74) is 2.35. The Kier molecular flexibility index (Phi) is 3.79. The third-order valence-electron chi connectivity index (χ3n) is 3.14. The summed E-state index contributed by atoms with van der Waals surface area (Å²) in [5.74, 6) is 0.898. The van der Waals surface area contributed by atoms with Crippen LogP contribution in [0.4, 0.5) is 0 Å². The van der Waals surface area contributed by atoms with Gasteiger partial charge in [0.15, 0.2) is 6.20 Å². The lowest BCUT2D eigenvalue weighted by atomic mass is 10.2. The van der Waals surface area contributed by atoms with Gasteiger partial charge in [0.05, 0.1) is 10.9 Å². The first kappa shape index (κ1) is 12.9. The standard InChI is InChI=1S/C17H16NOS/c1-18-10-9-15(12-16(18)17-8-5-11-20-17)19-13-14-6-3-2-4-7-14/h2-12H,13H2,1H3/q+1. The van der Waals surface area contributed by atoms with Crippen LogP contribution in [0.3, 0.4) is 0 Å². The summed E-state index contributed by atoms with van der Waals surface area (Å²) in [4.78, 5) is 1.25. The highest BCUT2D eigenvalue weighted by atomic mass is 32.1. The van der Waals surface area contributed by atoms with Gasteiger partial charge in [0, 0.05) is 6.07 Å². The highest BCUT2D eigenvalue weighted by Crippen LogP contribution is 2.24. The van der Waals surface area contributed by atoms with Crippen molar-refractivity contribution in [1.29, 1.82) is 0 Å². The lowest BCUT2D eigenvalue weighted by molar-refractivity contribution is -0.660. The van der Waals surface area contributed by atoms with Crippen molar-refractivity contribution < 1.29 is 9.30 Å². The molecule has 0 saturated carbocycles. The monoisotopic (exact) mass is 282 g/mol. The second-order valence-electron chi connectivity index (χ2n) is 4.61. The minimum absolute atomic E-state index is 0.596. The van der Waals surface area contributed by atoms with Crippen LogP contribution in [0, 0.1) is 0 Å². The number of ether oxygens (including phenoxy) is 1. The van der Waals surface area contributed by atoms with E-state index in [0.717, 1.165) is 5.75 Å². The number of hydrogen-bond donors (Lipinski definition) is 0. The highest BCUT2D eigenvalue weighted by Gasteiger charge is 2.12. The normalized spacial score (nSPS) is 10.4. The first-order chi connectivity index (χ1) is 9.83. The Labute approximate surface area is 122 Å². The zero-order valence-corrected chi connectivity index (χ0v) is 12.1. The fraction of sp³-hybridized carbons (Fsp3) is 0.118. The molecule has 0 radical (unpaired) electrons. The molecule has 3 aromatic rings. The minimum Gasteiger partial charge on any atom is -0.488 e. The van der Waals surface area contributed by atoms with Crippen LogP contribution in [0.1, 0.15) is 5.56 Å². The van der Waals surface area contributed by atoms with Gasteiger partial charge >= 0.3 is 0 Å². The summed E-state index contributed by atoms with van der Waals surface area (Å²) in [7, 11) is 2.05. The van der Waals surface area contributed by atoms with E-state index in [1.807, 2.05) is 30.5 Å². The van der Waals surface area contributed by atoms with Gasteiger partial charge in [-0.3, -0.25) is 0 Å². The van der Waals surface area contributed by atoms with E-state index in [-0.39, 0.29) is 0 Å². The second-order valence-corrected chi connectivity index (χ2v) is 5.56. The molecule has 1 aromatic carbocycles. The van der Waals surface area contributed by atoms with Gasteiger partial charge in [-0.2, -0.15) is 0 Å². The third kappa shape index (κ3) is 2.89. The predicted octanol–water partition coefficient (Wildman–Crippen LogP) is 3.82. The summed E-state index contributed by atoms with van der Waals surface area (Å²) in [6.07, 6.45) is 2.04. The molecule has 0 amide bonds. The van der Waals surface area contributed by atoms with Crippen molar-refractivity contribution in [3.63, 3.8) is 0 Å². The summed E-state index contributed by atoms with van der Waals surface area (Å²) in [6, 6.07) is 18.5. The first-order valence-corrected chi connectivity index (χ1v) is 7.41. The Morgan fingerprint density at radius 3 is 2.65 bits per heavy atom. The van der Waals surface area contributed by atoms with E-state index < -0.39 is 0 Å². The maximum atomic E-state index is 5.88. The zero-order chi connectivity index (χ0) is 13.8. The Balaban J connectivity index is 1.79. The van der Waals surface area contributed by atoms with E-state index in [0.29, 0.717) is 6.61 Å². The molecule has 0 saturated heterocycles. The van der Waals surface area contributed by atoms with Crippen LogP contribution < -0.4 is 9.30 Å². The molecule has 0 N–H and O–H groups in total. The number of aryl methyl sites for hydroxylation is 1. The molecule has 3 heteroatoms. The largest absolute Gasteiger partial charge is 0.488 e. The number of aromatic nitrogens is 1. The molecule has 0 spiro atoms. The Morgan fingerprint density at radius 2 is 1.90 bits per heavy atom. The summed E-state index contributed by atoms with van der Waals surface area (Å²) in [5, 5.41) is 2.09. The van der Waals surface area contributed by atoms with Crippen molar-refractivity contribution in [2.75, 3.05) is 0 Å². The van der Waals surface area contributed by atoms with Crippen LogP contribution in [0.25, 0.3) is 10.6 Å². The molecular formula is C17H16NOS+. The van der Waals surface area contributed by atoms with Crippen molar-refractivity contribution in [1.82, 2.24) is 0 Å². The summed E-state index contributed by atoms with van der Waals surface area (Å²) in [6.45, 7) is 0.596. The van der Waals surface area contributed by atoms with Gasteiger partial charge in [-0.1, -0.05) is 36.4 Å². The zero-order valence-electron chi connectivity index (χ0n) is 11.3. The van der Waals surface area contributed by atoms with Crippen molar-refractivity contribution in [2.24, 2.45) is 7.05 Å². The van der Waals surface area contributed by atoms with Crippen LogP contribution in [0.5, 0.6) is 5.75 Å². The molecule has 2 nitrogen and oxygen atoms in total. The fourth-order valence-electron chi connectivity index (χ4n) is 2.05. The second kappa shape index (κ2) is 5.88. The van der Waals surface area contributed by atoms with E-state index in [1.54, 1.807) is 11.3 Å². The molecule has 100 valence electrons. The number of rotatable bonds is 4. The first-order valence-electron chi connectivity index (χ1n) is 6.53. The quantitative estimate of drug-likeness (QED) is 0.663. The number of thiophene rings is 1. The summed E-state index contributed by atoms with van der Waals surface area (Å²) >= 11 is 1.74. The lowest BCUT2D eigenvalue weighted by Gasteiger charge is -2.06. The van der Waals surface area contributed by atoms with Gasteiger partial charge in [-0.25, -0.2) is 4.57 Å². The topological polar surface area (TPSA) is 13.1 Å². The van der Waals surface area contributed by atoms with E-state index in [4.69, 9.17) is 4.74 Å². The molecule has 2 heterocycles. The van der Waals surface area contributed by atoms with E-state index >= 15 is 0 Å². The maximum Gasteiger partial charge on any atom is 0.226 e. The fourth-order valence-corrected chi connectivity index (χ4v) is 2.83. The minimum atomic E-state index is 0.596.